The van der Waals surface area contributed by atoms with Gasteiger partial charge in [0.15, 0.2) is 0 Å². The molecule has 0 aromatic carbocycles. The average molecular weight is 230 g/mol. The molecule has 0 radical (unpaired) electrons. The quantitative estimate of drug-likeness (QED) is 0.700. The molecule has 1 fully saturated rings. The number of ether oxygens (including phenoxy) is 2. The molecule has 1 rings (SSSR count). The lowest BCUT2D eigenvalue weighted by molar-refractivity contribution is 0.0525. The molecule has 4 nitrogen and oxygen atoms in total. The van der Waals surface area contributed by atoms with Gasteiger partial charge in [-0.05, 0) is 27.3 Å². The highest BCUT2D eigenvalue weighted by molar-refractivity contribution is 4.86. The first kappa shape index (κ1) is 13.9. The van der Waals surface area contributed by atoms with Gasteiger partial charge in [0.05, 0.1) is 19.3 Å². The third kappa shape index (κ3) is 4.37. The van der Waals surface area contributed by atoms with Crippen molar-refractivity contribution in [3.8, 4) is 0 Å². The van der Waals surface area contributed by atoms with Crippen molar-refractivity contribution < 1.29 is 9.47 Å². The summed E-state index contributed by atoms with van der Waals surface area (Å²) in [7, 11) is 2.12. The Balaban J connectivity index is 2.24. The van der Waals surface area contributed by atoms with Crippen molar-refractivity contribution in [3.63, 3.8) is 0 Å². The van der Waals surface area contributed by atoms with E-state index < -0.39 is 0 Å². The van der Waals surface area contributed by atoms with Crippen LogP contribution in [0.2, 0.25) is 0 Å². The molecule has 2 N–H and O–H groups in total. The van der Waals surface area contributed by atoms with Gasteiger partial charge in [-0.3, -0.25) is 0 Å². The monoisotopic (exact) mass is 230 g/mol. The van der Waals surface area contributed by atoms with Crippen molar-refractivity contribution >= 4 is 0 Å². The molecule has 0 saturated carbocycles. The van der Waals surface area contributed by atoms with Crippen LogP contribution < -0.4 is 5.73 Å². The first-order valence-electron chi connectivity index (χ1n) is 6.16. The second kappa shape index (κ2) is 6.55. The van der Waals surface area contributed by atoms with Gasteiger partial charge in [-0.2, -0.15) is 0 Å². The summed E-state index contributed by atoms with van der Waals surface area (Å²) in [6.07, 6.45) is 1.39. The molecule has 4 heteroatoms. The molecule has 0 aliphatic carbocycles. The fourth-order valence-corrected chi connectivity index (χ4v) is 2.10. The fraction of sp³-hybridized carbons (Fsp3) is 1.00. The maximum Gasteiger partial charge on any atom is 0.0596 e. The van der Waals surface area contributed by atoms with Crippen LogP contribution in [0.25, 0.3) is 0 Å². The lowest BCUT2D eigenvalue weighted by atomic mass is 9.87. The third-order valence-corrected chi connectivity index (χ3v) is 3.15. The van der Waals surface area contributed by atoms with Crippen molar-refractivity contribution in [1.82, 2.24) is 4.90 Å². The smallest absolute Gasteiger partial charge is 0.0596 e. The molecule has 0 spiro atoms. The number of likely N-dealkylation sites (N-methyl/N-ethyl adjacent to an activating group) is 1. The van der Waals surface area contributed by atoms with Gasteiger partial charge in [0.2, 0.25) is 0 Å². The molecule has 1 atom stereocenters. The van der Waals surface area contributed by atoms with E-state index in [4.69, 9.17) is 15.2 Å². The van der Waals surface area contributed by atoms with E-state index in [1.807, 2.05) is 0 Å². The number of nitrogens with zero attached hydrogens (tertiary/aromatic N) is 1. The molecule has 16 heavy (non-hydrogen) atoms. The fourth-order valence-electron chi connectivity index (χ4n) is 2.10. The van der Waals surface area contributed by atoms with Gasteiger partial charge in [0, 0.05) is 31.7 Å². The van der Waals surface area contributed by atoms with E-state index in [1.165, 1.54) is 0 Å². The number of hydrogen-bond acceptors (Lipinski definition) is 4. The topological polar surface area (TPSA) is 47.7 Å². The van der Waals surface area contributed by atoms with Crippen LogP contribution in [-0.4, -0.2) is 57.5 Å². The van der Waals surface area contributed by atoms with Crippen molar-refractivity contribution in [1.29, 1.82) is 0 Å². The minimum absolute atomic E-state index is 0.173. The molecule has 1 aliphatic heterocycles. The summed E-state index contributed by atoms with van der Waals surface area (Å²) >= 11 is 0. The van der Waals surface area contributed by atoms with Crippen LogP contribution in [0.5, 0.6) is 0 Å². The van der Waals surface area contributed by atoms with Gasteiger partial charge < -0.3 is 20.1 Å². The van der Waals surface area contributed by atoms with Crippen LogP contribution in [0, 0.1) is 5.41 Å². The van der Waals surface area contributed by atoms with E-state index in [-0.39, 0.29) is 5.41 Å². The summed E-state index contributed by atoms with van der Waals surface area (Å²) < 4.78 is 11.0. The largest absolute Gasteiger partial charge is 0.381 e. The Morgan fingerprint density at radius 1 is 1.50 bits per heavy atom. The number of hydrogen-bond donors (Lipinski definition) is 1. The summed E-state index contributed by atoms with van der Waals surface area (Å²) in [6, 6.07) is 0. The molecule has 0 aromatic rings. The van der Waals surface area contributed by atoms with E-state index in [9.17, 15) is 0 Å². The summed E-state index contributed by atoms with van der Waals surface area (Å²) in [6.45, 7) is 9.24. The SMILES string of the molecule is CC(C)OCCN(C)CC1(CN)CCOC1. The summed E-state index contributed by atoms with van der Waals surface area (Å²) in [5, 5.41) is 0. The zero-order valence-electron chi connectivity index (χ0n) is 10.9. The van der Waals surface area contributed by atoms with Crippen LogP contribution in [0.4, 0.5) is 0 Å². The molecule has 1 saturated heterocycles. The van der Waals surface area contributed by atoms with Crippen LogP contribution in [0.3, 0.4) is 0 Å². The van der Waals surface area contributed by atoms with E-state index in [0.717, 1.165) is 39.3 Å². The molecule has 0 amide bonds. The summed E-state index contributed by atoms with van der Waals surface area (Å²) in [5.74, 6) is 0. The maximum atomic E-state index is 5.86. The molecule has 1 unspecified atom stereocenters. The summed E-state index contributed by atoms with van der Waals surface area (Å²) in [4.78, 5) is 2.30. The average Bonchev–Trinajstić information content (AvgIpc) is 2.66. The normalized spacial score (nSPS) is 25.9. The second-order valence-corrected chi connectivity index (χ2v) is 5.16. The van der Waals surface area contributed by atoms with Gasteiger partial charge in [0.25, 0.3) is 0 Å². The molecule has 96 valence electrons. The van der Waals surface area contributed by atoms with Crippen LogP contribution >= 0.6 is 0 Å². The van der Waals surface area contributed by atoms with Crippen molar-refractivity contribution in [2.75, 3.05) is 46.5 Å². The van der Waals surface area contributed by atoms with Crippen LogP contribution in [0.1, 0.15) is 20.3 Å². The van der Waals surface area contributed by atoms with Gasteiger partial charge in [-0.25, -0.2) is 0 Å². The van der Waals surface area contributed by atoms with Crippen LogP contribution in [-0.2, 0) is 9.47 Å². The third-order valence-electron chi connectivity index (χ3n) is 3.15. The first-order chi connectivity index (χ1) is 7.58. The second-order valence-electron chi connectivity index (χ2n) is 5.16. The van der Waals surface area contributed by atoms with E-state index >= 15 is 0 Å². The zero-order chi connectivity index (χ0) is 12.0. The minimum Gasteiger partial charge on any atom is -0.381 e. The Bertz CT molecular complexity index is 191. The molecular weight excluding hydrogens is 204 g/mol. The number of nitrogens with two attached hydrogens (primary N) is 1. The minimum atomic E-state index is 0.173. The zero-order valence-corrected chi connectivity index (χ0v) is 10.9. The Labute approximate surface area is 99.1 Å². The lowest BCUT2D eigenvalue weighted by Crippen LogP contribution is -2.42. The predicted molar refractivity (Wildman–Crippen MR) is 65.5 cm³/mol. The standard InChI is InChI=1S/C12H26N2O2/c1-11(2)16-7-5-14(3)9-12(8-13)4-6-15-10-12/h11H,4-10,13H2,1-3H3. The Kier molecular flexibility index (Phi) is 5.69. The van der Waals surface area contributed by atoms with Crippen molar-refractivity contribution in [3.05, 3.63) is 0 Å². The molecule has 0 aromatic heterocycles. The highest BCUT2D eigenvalue weighted by Gasteiger charge is 2.34. The molecule has 0 bridgehead atoms. The summed E-state index contributed by atoms with van der Waals surface area (Å²) in [5.41, 5.74) is 6.03. The van der Waals surface area contributed by atoms with Crippen molar-refractivity contribution in [2.24, 2.45) is 11.1 Å². The van der Waals surface area contributed by atoms with E-state index in [1.54, 1.807) is 0 Å². The Hall–Kier alpha value is -0.160. The Morgan fingerprint density at radius 2 is 2.25 bits per heavy atom. The first-order valence-corrected chi connectivity index (χ1v) is 6.16. The highest BCUT2D eigenvalue weighted by Crippen LogP contribution is 2.27. The maximum absolute atomic E-state index is 5.86. The number of rotatable bonds is 7. The van der Waals surface area contributed by atoms with E-state index in [0.29, 0.717) is 12.6 Å². The van der Waals surface area contributed by atoms with Crippen LogP contribution in [0.15, 0.2) is 0 Å². The lowest BCUT2D eigenvalue weighted by Gasteiger charge is -2.31. The molecule has 1 heterocycles. The Morgan fingerprint density at radius 3 is 2.75 bits per heavy atom. The van der Waals surface area contributed by atoms with Gasteiger partial charge in [0.1, 0.15) is 0 Å². The van der Waals surface area contributed by atoms with Gasteiger partial charge in [-0.15, -0.1) is 0 Å². The van der Waals surface area contributed by atoms with Gasteiger partial charge in [-0.1, -0.05) is 0 Å². The van der Waals surface area contributed by atoms with E-state index in [2.05, 4.69) is 25.8 Å². The highest BCUT2D eigenvalue weighted by atomic mass is 16.5. The van der Waals surface area contributed by atoms with Crippen molar-refractivity contribution in [2.45, 2.75) is 26.4 Å². The molecular formula is C12H26N2O2. The molecule has 1 aliphatic rings. The predicted octanol–water partition coefficient (Wildman–Crippen LogP) is 0.709. The van der Waals surface area contributed by atoms with Gasteiger partial charge >= 0.3 is 0 Å².